The topological polar surface area (TPSA) is 111 Å². The molecule has 0 bridgehead atoms. The molecule has 19 heavy (non-hydrogen) atoms. The van der Waals surface area contributed by atoms with Crippen molar-refractivity contribution in [1.82, 2.24) is 5.32 Å². The van der Waals surface area contributed by atoms with E-state index in [0.29, 0.717) is 6.42 Å². The fourth-order valence-electron chi connectivity index (χ4n) is 2.18. The molecule has 0 radical (unpaired) electrons. The standard InChI is InChI=1S/C12H22N2O5/c1-6(13-3)4-9-10(14-7(2)16)11(18)12(19-9)8(17)5-15/h8-12,15,17-18H,4-5H2,1-3H3,(H,14,16)/b13-6+/t8-,9-,10-,11-,12-/m1/s1. The lowest BCUT2D eigenvalue weighted by molar-refractivity contribution is -0.120. The Morgan fingerprint density at radius 2 is 2.11 bits per heavy atom. The highest BCUT2D eigenvalue weighted by molar-refractivity contribution is 5.82. The fourth-order valence-corrected chi connectivity index (χ4v) is 2.18. The number of hydrogen-bond acceptors (Lipinski definition) is 6. The molecule has 7 nitrogen and oxygen atoms in total. The molecule has 0 aliphatic carbocycles. The zero-order valence-corrected chi connectivity index (χ0v) is 11.4. The van der Waals surface area contributed by atoms with Gasteiger partial charge in [0.05, 0.1) is 18.8 Å². The lowest BCUT2D eigenvalue weighted by Gasteiger charge is -2.21. The van der Waals surface area contributed by atoms with Crippen molar-refractivity contribution in [2.24, 2.45) is 4.99 Å². The summed E-state index contributed by atoms with van der Waals surface area (Å²) in [4.78, 5) is 15.2. The molecule has 1 aliphatic heterocycles. The fraction of sp³-hybridized carbons (Fsp3) is 0.833. The lowest BCUT2D eigenvalue weighted by Crippen LogP contribution is -2.49. The van der Waals surface area contributed by atoms with Gasteiger partial charge in [0.1, 0.15) is 18.3 Å². The van der Waals surface area contributed by atoms with Crippen molar-refractivity contribution in [2.75, 3.05) is 13.7 Å². The number of amides is 1. The predicted octanol–water partition coefficient (Wildman–Crippen LogP) is -1.55. The van der Waals surface area contributed by atoms with Crippen LogP contribution >= 0.6 is 0 Å². The molecule has 0 aromatic heterocycles. The van der Waals surface area contributed by atoms with Gasteiger partial charge in [0.2, 0.25) is 5.91 Å². The first-order valence-corrected chi connectivity index (χ1v) is 6.22. The number of aliphatic imine (C=N–C) groups is 1. The number of aliphatic hydroxyl groups excluding tert-OH is 3. The molecule has 5 atom stereocenters. The van der Waals surface area contributed by atoms with Crippen LogP contribution in [-0.2, 0) is 9.53 Å². The second kappa shape index (κ2) is 6.95. The Balaban J connectivity index is 2.84. The lowest BCUT2D eigenvalue weighted by atomic mass is 9.99. The summed E-state index contributed by atoms with van der Waals surface area (Å²) in [5.74, 6) is -0.289. The van der Waals surface area contributed by atoms with Gasteiger partial charge in [0.25, 0.3) is 0 Å². The second-order valence-corrected chi connectivity index (χ2v) is 4.77. The summed E-state index contributed by atoms with van der Waals surface area (Å²) < 4.78 is 5.56. The smallest absolute Gasteiger partial charge is 0.217 e. The Labute approximate surface area is 112 Å². The monoisotopic (exact) mass is 274 g/mol. The average Bonchev–Trinajstić information content (AvgIpc) is 2.66. The molecule has 0 aromatic carbocycles. The van der Waals surface area contributed by atoms with Gasteiger partial charge < -0.3 is 25.4 Å². The van der Waals surface area contributed by atoms with Gasteiger partial charge in [0, 0.05) is 26.1 Å². The number of carbonyl (C=O) groups is 1. The van der Waals surface area contributed by atoms with E-state index in [4.69, 9.17) is 9.84 Å². The Bertz CT molecular complexity index is 347. The molecule has 0 aromatic rings. The summed E-state index contributed by atoms with van der Waals surface area (Å²) >= 11 is 0. The first-order valence-electron chi connectivity index (χ1n) is 6.22. The molecule has 1 heterocycles. The van der Waals surface area contributed by atoms with Crippen molar-refractivity contribution in [3.63, 3.8) is 0 Å². The molecule has 1 amide bonds. The van der Waals surface area contributed by atoms with E-state index < -0.39 is 37.1 Å². The Hall–Kier alpha value is -1.02. The molecule has 1 rings (SSSR count). The van der Waals surface area contributed by atoms with Crippen LogP contribution in [0.4, 0.5) is 0 Å². The normalized spacial score (nSPS) is 33.3. The highest BCUT2D eigenvalue weighted by Gasteiger charge is 2.46. The van der Waals surface area contributed by atoms with Crippen LogP contribution in [0.25, 0.3) is 0 Å². The molecule has 1 saturated heterocycles. The van der Waals surface area contributed by atoms with Crippen LogP contribution in [0.5, 0.6) is 0 Å². The minimum absolute atomic E-state index is 0.289. The Morgan fingerprint density at radius 3 is 2.58 bits per heavy atom. The summed E-state index contributed by atoms with van der Waals surface area (Å²) in [6, 6.07) is -0.625. The van der Waals surface area contributed by atoms with Crippen LogP contribution in [-0.4, -0.2) is 71.1 Å². The first kappa shape index (κ1) is 16.0. The van der Waals surface area contributed by atoms with Gasteiger partial charge in [-0.15, -0.1) is 0 Å². The van der Waals surface area contributed by atoms with Gasteiger partial charge in [-0.05, 0) is 6.92 Å². The van der Waals surface area contributed by atoms with Crippen LogP contribution in [0.3, 0.4) is 0 Å². The number of nitrogens with one attached hydrogen (secondary N) is 1. The van der Waals surface area contributed by atoms with Crippen molar-refractivity contribution in [3.05, 3.63) is 0 Å². The molecular weight excluding hydrogens is 252 g/mol. The van der Waals surface area contributed by atoms with E-state index in [0.717, 1.165) is 5.71 Å². The van der Waals surface area contributed by atoms with E-state index in [-0.39, 0.29) is 5.91 Å². The summed E-state index contributed by atoms with van der Waals surface area (Å²) in [6.07, 6.45) is -3.21. The summed E-state index contributed by atoms with van der Waals surface area (Å²) in [6.45, 7) is 2.65. The zero-order chi connectivity index (χ0) is 14.6. The number of ether oxygens (including phenoxy) is 1. The number of carbonyl (C=O) groups excluding carboxylic acids is 1. The predicted molar refractivity (Wildman–Crippen MR) is 69.0 cm³/mol. The SMILES string of the molecule is C/N=C(\C)C[C@H]1O[C@H]([C@H](O)CO)[C@H](O)[C@@H]1NC(C)=O. The molecule has 1 fully saturated rings. The van der Waals surface area contributed by atoms with E-state index >= 15 is 0 Å². The molecule has 0 saturated carbocycles. The first-order chi connectivity index (χ1) is 8.90. The van der Waals surface area contributed by atoms with Gasteiger partial charge in [0.15, 0.2) is 0 Å². The number of nitrogens with zero attached hydrogens (tertiary/aromatic N) is 1. The third-order valence-corrected chi connectivity index (χ3v) is 3.25. The molecule has 0 unspecified atom stereocenters. The maximum Gasteiger partial charge on any atom is 0.217 e. The number of hydrogen-bond donors (Lipinski definition) is 4. The Kier molecular flexibility index (Phi) is 5.86. The van der Waals surface area contributed by atoms with E-state index in [9.17, 15) is 15.0 Å². The average molecular weight is 274 g/mol. The van der Waals surface area contributed by atoms with Crippen molar-refractivity contribution in [3.8, 4) is 0 Å². The van der Waals surface area contributed by atoms with Crippen LogP contribution in [0.15, 0.2) is 4.99 Å². The number of rotatable bonds is 5. The summed E-state index contributed by atoms with van der Waals surface area (Å²) in [5, 5.41) is 31.3. The molecular formula is C12H22N2O5. The van der Waals surface area contributed by atoms with Crippen LogP contribution in [0.1, 0.15) is 20.3 Å². The van der Waals surface area contributed by atoms with Gasteiger partial charge in [-0.25, -0.2) is 0 Å². The largest absolute Gasteiger partial charge is 0.394 e. The number of aliphatic hydroxyl groups is 3. The van der Waals surface area contributed by atoms with Crippen LogP contribution in [0, 0.1) is 0 Å². The van der Waals surface area contributed by atoms with E-state index in [2.05, 4.69) is 10.3 Å². The van der Waals surface area contributed by atoms with Gasteiger partial charge >= 0.3 is 0 Å². The van der Waals surface area contributed by atoms with Crippen molar-refractivity contribution in [2.45, 2.75) is 50.7 Å². The summed E-state index contributed by atoms with van der Waals surface area (Å²) in [7, 11) is 1.65. The van der Waals surface area contributed by atoms with Crippen molar-refractivity contribution in [1.29, 1.82) is 0 Å². The van der Waals surface area contributed by atoms with Gasteiger partial charge in [-0.2, -0.15) is 0 Å². The van der Waals surface area contributed by atoms with Gasteiger partial charge in [-0.1, -0.05) is 0 Å². The highest BCUT2D eigenvalue weighted by Crippen LogP contribution is 2.26. The molecule has 0 spiro atoms. The quantitative estimate of drug-likeness (QED) is 0.454. The van der Waals surface area contributed by atoms with Crippen molar-refractivity contribution >= 4 is 11.6 Å². The van der Waals surface area contributed by atoms with E-state index in [1.54, 1.807) is 7.05 Å². The molecule has 4 N–H and O–H groups in total. The van der Waals surface area contributed by atoms with Crippen molar-refractivity contribution < 1.29 is 24.9 Å². The highest BCUT2D eigenvalue weighted by atomic mass is 16.5. The van der Waals surface area contributed by atoms with E-state index in [1.165, 1.54) is 6.92 Å². The third kappa shape index (κ3) is 3.97. The molecule has 7 heteroatoms. The van der Waals surface area contributed by atoms with Crippen LogP contribution in [0.2, 0.25) is 0 Å². The minimum atomic E-state index is -1.19. The zero-order valence-electron chi connectivity index (χ0n) is 11.4. The third-order valence-electron chi connectivity index (χ3n) is 3.25. The summed E-state index contributed by atoms with van der Waals surface area (Å²) in [5.41, 5.74) is 0.812. The van der Waals surface area contributed by atoms with Crippen LogP contribution < -0.4 is 5.32 Å². The molecule has 110 valence electrons. The molecule has 1 aliphatic rings. The maximum atomic E-state index is 11.2. The Morgan fingerprint density at radius 1 is 1.47 bits per heavy atom. The second-order valence-electron chi connectivity index (χ2n) is 4.77. The minimum Gasteiger partial charge on any atom is -0.394 e. The van der Waals surface area contributed by atoms with Gasteiger partial charge in [-0.3, -0.25) is 9.79 Å². The maximum absolute atomic E-state index is 11.2. The van der Waals surface area contributed by atoms with E-state index in [1.807, 2.05) is 6.92 Å².